The molecule has 1 atom stereocenters. The number of hydrogen-bond donors (Lipinski definition) is 1. The maximum absolute atomic E-state index is 5.45. The van der Waals surface area contributed by atoms with E-state index in [4.69, 9.17) is 4.74 Å². The molecule has 3 heteroatoms. The lowest BCUT2D eigenvalue weighted by Gasteiger charge is -2.17. The van der Waals surface area contributed by atoms with Crippen molar-refractivity contribution in [3.8, 4) is 0 Å². The molecule has 0 aliphatic rings. The lowest BCUT2D eigenvalue weighted by atomic mass is 10.1. The summed E-state index contributed by atoms with van der Waals surface area (Å²) < 4.78 is 5.45. The largest absolute Gasteiger partial charge is 0.380 e. The fourth-order valence-corrected chi connectivity index (χ4v) is 1.66. The van der Waals surface area contributed by atoms with Crippen LogP contribution < -0.4 is 5.32 Å². The van der Waals surface area contributed by atoms with Crippen molar-refractivity contribution in [1.29, 1.82) is 0 Å². The monoisotopic (exact) mass is 222 g/mol. The molecule has 90 valence electrons. The maximum atomic E-state index is 5.45. The van der Waals surface area contributed by atoms with Crippen molar-refractivity contribution in [3.05, 3.63) is 30.1 Å². The summed E-state index contributed by atoms with van der Waals surface area (Å²) in [7, 11) is 0. The van der Waals surface area contributed by atoms with Crippen LogP contribution >= 0.6 is 0 Å². The van der Waals surface area contributed by atoms with E-state index in [0.29, 0.717) is 6.04 Å². The molecule has 3 nitrogen and oxygen atoms in total. The first-order chi connectivity index (χ1) is 7.86. The predicted molar refractivity (Wildman–Crippen MR) is 66.5 cm³/mol. The fraction of sp³-hybridized carbons (Fsp3) is 0.615. The van der Waals surface area contributed by atoms with Gasteiger partial charge in [-0.1, -0.05) is 13.0 Å². The van der Waals surface area contributed by atoms with Gasteiger partial charge in [0.1, 0.15) is 0 Å². The second kappa shape index (κ2) is 8.25. The highest BCUT2D eigenvalue weighted by molar-refractivity contribution is 5.03. The summed E-state index contributed by atoms with van der Waals surface area (Å²) in [6, 6.07) is 6.49. The average molecular weight is 222 g/mol. The Morgan fingerprint density at radius 3 is 2.88 bits per heavy atom. The Hall–Kier alpha value is -0.930. The molecule has 1 heterocycles. The molecule has 0 fully saturated rings. The zero-order chi connectivity index (χ0) is 11.6. The molecule has 0 radical (unpaired) electrons. The molecular formula is C13H22N2O. The van der Waals surface area contributed by atoms with Gasteiger partial charge < -0.3 is 10.1 Å². The molecule has 0 aliphatic heterocycles. The summed E-state index contributed by atoms with van der Waals surface area (Å²) in [6.45, 7) is 6.71. The summed E-state index contributed by atoms with van der Waals surface area (Å²) in [5.74, 6) is 0. The van der Waals surface area contributed by atoms with Crippen LogP contribution in [0.15, 0.2) is 24.4 Å². The van der Waals surface area contributed by atoms with E-state index in [-0.39, 0.29) is 0 Å². The summed E-state index contributed by atoms with van der Waals surface area (Å²) in [4.78, 5) is 4.32. The van der Waals surface area contributed by atoms with E-state index < -0.39 is 0 Å². The third-order valence-electron chi connectivity index (χ3n) is 2.49. The van der Waals surface area contributed by atoms with Crippen LogP contribution in [0.4, 0.5) is 0 Å². The molecule has 1 aromatic heterocycles. The van der Waals surface area contributed by atoms with Crippen molar-refractivity contribution >= 4 is 0 Å². The zero-order valence-corrected chi connectivity index (χ0v) is 10.3. The van der Waals surface area contributed by atoms with Gasteiger partial charge in [0.15, 0.2) is 0 Å². The number of aromatic nitrogens is 1. The molecule has 0 aromatic carbocycles. The van der Waals surface area contributed by atoms with E-state index >= 15 is 0 Å². The van der Waals surface area contributed by atoms with E-state index in [1.54, 1.807) is 0 Å². The minimum Gasteiger partial charge on any atom is -0.380 e. The van der Waals surface area contributed by atoms with Gasteiger partial charge in [0.05, 0.1) is 6.61 Å². The quantitative estimate of drug-likeness (QED) is 0.731. The van der Waals surface area contributed by atoms with Crippen LogP contribution in [0, 0.1) is 0 Å². The lowest BCUT2D eigenvalue weighted by molar-refractivity contribution is 0.120. The standard InChI is InChI=1S/C13H22N2O/c1-3-14-13(11-16-4-2)9-8-12-7-5-6-10-15-12/h5-7,10,13-14H,3-4,8-9,11H2,1-2H3. The fourth-order valence-electron chi connectivity index (χ4n) is 1.66. The first-order valence-electron chi connectivity index (χ1n) is 6.07. The molecule has 1 aromatic rings. The molecule has 0 aliphatic carbocycles. The van der Waals surface area contributed by atoms with Crippen molar-refractivity contribution in [2.45, 2.75) is 32.7 Å². The summed E-state index contributed by atoms with van der Waals surface area (Å²) in [6.07, 6.45) is 3.93. The first kappa shape index (κ1) is 13.1. The highest BCUT2D eigenvalue weighted by Crippen LogP contribution is 2.02. The summed E-state index contributed by atoms with van der Waals surface area (Å²) in [5, 5.41) is 3.43. The van der Waals surface area contributed by atoms with Crippen LogP contribution in [0.2, 0.25) is 0 Å². The third kappa shape index (κ3) is 5.24. The van der Waals surface area contributed by atoms with Crippen LogP contribution in [-0.2, 0) is 11.2 Å². The average Bonchev–Trinajstić information content (AvgIpc) is 2.34. The van der Waals surface area contributed by atoms with Gasteiger partial charge in [-0.2, -0.15) is 0 Å². The van der Waals surface area contributed by atoms with E-state index in [1.165, 1.54) is 0 Å². The van der Waals surface area contributed by atoms with Crippen LogP contribution in [-0.4, -0.2) is 30.8 Å². The van der Waals surface area contributed by atoms with Crippen LogP contribution in [0.1, 0.15) is 26.0 Å². The highest BCUT2D eigenvalue weighted by Gasteiger charge is 2.07. The Labute approximate surface area is 98.2 Å². The van der Waals surface area contributed by atoms with Gasteiger partial charge in [0.2, 0.25) is 0 Å². The number of nitrogens with one attached hydrogen (secondary N) is 1. The van der Waals surface area contributed by atoms with Gasteiger partial charge in [-0.15, -0.1) is 0 Å². The Balaban J connectivity index is 2.31. The van der Waals surface area contributed by atoms with Crippen molar-refractivity contribution in [2.75, 3.05) is 19.8 Å². The van der Waals surface area contributed by atoms with Crippen LogP contribution in [0.5, 0.6) is 0 Å². The Kier molecular flexibility index (Phi) is 6.77. The smallest absolute Gasteiger partial charge is 0.0619 e. The van der Waals surface area contributed by atoms with Gasteiger partial charge >= 0.3 is 0 Å². The Bertz CT molecular complexity index is 264. The Morgan fingerprint density at radius 2 is 2.25 bits per heavy atom. The topological polar surface area (TPSA) is 34.2 Å². The number of likely N-dealkylation sites (N-methyl/N-ethyl adjacent to an activating group) is 1. The number of rotatable bonds is 8. The second-order valence-corrected chi connectivity index (χ2v) is 3.77. The molecule has 16 heavy (non-hydrogen) atoms. The first-order valence-corrected chi connectivity index (χ1v) is 6.07. The van der Waals surface area contributed by atoms with E-state index in [2.05, 4.69) is 23.3 Å². The second-order valence-electron chi connectivity index (χ2n) is 3.77. The molecule has 0 saturated heterocycles. The van der Waals surface area contributed by atoms with Crippen molar-refractivity contribution in [3.63, 3.8) is 0 Å². The van der Waals surface area contributed by atoms with Gasteiger partial charge in [0.25, 0.3) is 0 Å². The lowest BCUT2D eigenvalue weighted by Crippen LogP contribution is -2.33. The third-order valence-corrected chi connectivity index (χ3v) is 2.49. The normalized spacial score (nSPS) is 12.6. The molecule has 0 bridgehead atoms. The van der Waals surface area contributed by atoms with Crippen LogP contribution in [0.25, 0.3) is 0 Å². The van der Waals surface area contributed by atoms with Gasteiger partial charge in [0, 0.05) is 24.5 Å². The van der Waals surface area contributed by atoms with Gasteiger partial charge in [-0.3, -0.25) is 4.98 Å². The number of hydrogen-bond acceptors (Lipinski definition) is 3. The molecule has 1 unspecified atom stereocenters. The van der Waals surface area contributed by atoms with Crippen molar-refractivity contribution in [1.82, 2.24) is 10.3 Å². The van der Waals surface area contributed by atoms with Gasteiger partial charge in [-0.25, -0.2) is 0 Å². The minimum absolute atomic E-state index is 0.437. The maximum Gasteiger partial charge on any atom is 0.0619 e. The van der Waals surface area contributed by atoms with Crippen molar-refractivity contribution in [2.24, 2.45) is 0 Å². The number of pyridine rings is 1. The van der Waals surface area contributed by atoms with Crippen LogP contribution in [0.3, 0.4) is 0 Å². The van der Waals surface area contributed by atoms with E-state index in [1.807, 2.05) is 25.3 Å². The number of ether oxygens (including phenoxy) is 1. The molecular weight excluding hydrogens is 200 g/mol. The molecule has 0 amide bonds. The minimum atomic E-state index is 0.437. The predicted octanol–water partition coefficient (Wildman–Crippen LogP) is 2.03. The zero-order valence-electron chi connectivity index (χ0n) is 10.3. The SMILES string of the molecule is CCNC(CCc1ccccn1)COCC. The summed E-state index contributed by atoms with van der Waals surface area (Å²) in [5.41, 5.74) is 1.15. The number of aryl methyl sites for hydroxylation is 1. The van der Waals surface area contributed by atoms with E-state index in [0.717, 1.165) is 38.3 Å². The van der Waals surface area contributed by atoms with Gasteiger partial charge in [-0.05, 0) is 38.4 Å². The molecule has 0 saturated carbocycles. The van der Waals surface area contributed by atoms with E-state index in [9.17, 15) is 0 Å². The van der Waals surface area contributed by atoms with Crippen molar-refractivity contribution < 1.29 is 4.74 Å². The Morgan fingerprint density at radius 1 is 1.38 bits per heavy atom. The molecule has 1 rings (SSSR count). The molecule has 1 N–H and O–H groups in total. The highest BCUT2D eigenvalue weighted by atomic mass is 16.5. The number of nitrogens with zero attached hydrogens (tertiary/aromatic N) is 1. The summed E-state index contributed by atoms with van der Waals surface area (Å²) >= 11 is 0. The molecule has 0 spiro atoms.